The molecule has 0 bridgehead atoms. The third kappa shape index (κ3) is 6.82. The van der Waals surface area contributed by atoms with Crippen molar-refractivity contribution in [1.29, 1.82) is 0 Å². The highest BCUT2D eigenvalue weighted by atomic mass is 127. The third-order valence-corrected chi connectivity index (χ3v) is 3.00. The van der Waals surface area contributed by atoms with Gasteiger partial charge in [-0.3, -0.25) is 0 Å². The Morgan fingerprint density at radius 3 is 1.74 bits per heavy atom. The number of rotatable bonds is 0. The van der Waals surface area contributed by atoms with E-state index in [1.54, 1.807) is 0 Å². The molecule has 0 spiro atoms. The van der Waals surface area contributed by atoms with Crippen LogP contribution in [0.5, 0.6) is 0 Å². The first-order chi connectivity index (χ1) is 14.1. The van der Waals surface area contributed by atoms with Crippen molar-refractivity contribution in [2.45, 2.75) is 10.4 Å². The molecule has 10 N–H and O–H groups in total. The van der Waals surface area contributed by atoms with Gasteiger partial charge in [0.15, 0.2) is 22.9 Å². The molecule has 0 aliphatic heterocycles. The van der Waals surface area contributed by atoms with E-state index < -0.39 is 16.2 Å². The van der Waals surface area contributed by atoms with Gasteiger partial charge in [0, 0.05) is 22.6 Å². The number of nitrogens with one attached hydrogen (secondary N) is 2. The number of anilines is 4. The molecule has 0 aliphatic carbocycles. The normalized spacial score (nSPS) is 11.6. The summed E-state index contributed by atoms with van der Waals surface area (Å²) in [6.45, 7) is 0. The quantitative estimate of drug-likeness (QED) is 0.104. The molecule has 0 atom stereocenters. The van der Waals surface area contributed by atoms with Crippen LogP contribution in [0.15, 0.2) is 6.33 Å². The van der Waals surface area contributed by atoms with Crippen LogP contribution in [0.3, 0.4) is 0 Å². The van der Waals surface area contributed by atoms with E-state index in [4.69, 9.17) is 22.9 Å². The lowest BCUT2D eigenvalue weighted by Gasteiger charge is -1.98. The lowest BCUT2D eigenvalue weighted by Crippen LogP contribution is -2.07. The second-order valence-corrected chi connectivity index (χ2v) is 6.47. The van der Waals surface area contributed by atoms with Crippen LogP contribution < -0.4 is 22.9 Å². The molecule has 4 rings (SSSR count). The van der Waals surface area contributed by atoms with Crippen molar-refractivity contribution in [3.8, 4) is 0 Å². The van der Waals surface area contributed by atoms with E-state index in [1.807, 2.05) is 4.98 Å². The van der Waals surface area contributed by atoms with Crippen molar-refractivity contribution in [1.82, 2.24) is 39.9 Å². The van der Waals surface area contributed by atoms with Crippen LogP contribution in [0.1, 0.15) is 5.82 Å². The Morgan fingerprint density at radius 2 is 1.23 bits per heavy atom. The number of imidazole rings is 2. The molecular formula is C12H11F6IN12. The molecule has 4 aromatic rings. The zero-order valence-corrected chi connectivity index (χ0v) is 16.9. The minimum absolute atomic E-state index is 0.0727. The topological polar surface area (TPSA) is 213 Å². The van der Waals surface area contributed by atoms with E-state index in [-0.39, 0.29) is 28.9 Å². The Hall–Kier alpha value is -3.39. The third-order valence-electron chi connectivity index (χ3n) is 3.00. The second kappa shape index (κ2) is 8.77. The van der Waals surface area contributed by atoms with E-state index in [1.165, 1.54) is 6.33 Å². The Balaban J connectivity index is 0.000000187. The van der Waals surface area contributed by atoms with Crippen molar-refractivity contribution in [2.75, 3.05) is 22.9 Å². The summed E-state index contributed by atoms with van der Waals surface area (Å²) in [7, 11) is 0. The van der Waals surface area contributed by atoms with Gasteiger partial charge in [0.2, 0.25) is 17.7 Å². The summed E-state index contributed by atoms with van der Waals surface area (Å²) < 4.78 is 63.7. The van der Waals surface area contributed by atoms with Crippen LogP contribution in [0.25, 0.3) is 22.3 Å². The largest absolute Gasteiger partial charge is 0.449 e. The van der Waals surface area contributed by atoms with Crippen LogP contribution in [0.4, 0.5) is 49.9 Å². The summed E-state index contributed by atoms with van der Waals surface area (Å²) in [6.07, 6.45) is -3.09. The standard InChI is InChI=1S/C6H5F3N6.C5H6N6.CF3I/c7-6(8,9)4-12-1-2(10)13-5(11)15-3(1)14-4;6-3-2-4(9-1-8-2)11-5(7)10-3;2-1(3,4)5/h(H5,10,11,12,13,14,15);1H,(H5,6,7,8,9,10,11);. The molecule has 0 amide bonds. The Kier molecular flexibility index (Phi) is 6.76. The van der Waals surface area contributed by atoms with E-state index in [0.29, 0.717) is 39.6 Å². The van der Waals surface area contributed by atoms with Gasteiger partial charge in [-0.25, -0.2) is 9.97 Å². The van der Waals surface area contributed by atoms with E-state index in [9.17, 15) is 26.3 Å². The summed E-state index contributed by atoms with van der Waals surface area (Å²) in [5, 5.41) is 0. The predicted octanol–water partition coefficient (Wildman–Crippen LogP) is 1.99. The molecule has 0 fully saturated rings. The predicted molar refractivity (Wildman–Crippen MR) is 106 cm³/mol. The van der Waals surface area contributed by atoms with E-state index in [0.717, 1.165) is 0 Å². The van der Waals surface area contributed by atoms with Crippen molar-refractivity contribution >= 4 is 68.5 Å². The van der Waals surface area contributed by atoms with Gasteiger partial charge in [0.25, 0.3) is 0 Å². The molecule has 0 aliphatic rings. The minimum Gasteiger partial charge on any atom is -0.382 e. The van der Waals surface area contributed by atoms with Crippen LogP contribution in [-0.4, -0.2) is 44.1 Å². The van der Waals surface area contributed by atoms with Crippen LogP contribution in [0.2, 0.25) is 0 Å². The summed E-state index contributed by atoms with van der Waals surface area (Å²) >= 11 is 0.378. The van der Waals surface area contributed by atoms with Gasteiger partial charge in [-0.1, -0.05) is 0 Å². The van der Waals surface area contributed by atoms with E-state index >= 15 is 0 Å². The first-order valence-corrected chi connectivity index (χ1v) is 8.56. The number of halogens is 7. The van der Waals surface area contributed by atoms with Crippen molar-refractivity contribution in [3.05, 3.63) is 12.2 Å². The molecule has 12 nitrogen and oxygen atoms in total. The fourth-order valence-electron chi connectivity index (χ4n) is 1.94. The van der Waals surface area contributed by atoms with Gasteiger partial charge in [0.05, 0.1) is 6.33 Å². The Labute approximate surface area is 180 Å². The smallest absolute Gasteiger partial charge is 0.382 e. The lowest BCUT2D eigenvalue weighted by molar-refractivity contribution is -0.144. The number of hydrogen-bond acceptors (Lipinski definition) is 10. The van der Waals surface area contributed by atoms with Gasteiger partial charge < -0.3 is 32.9 Å². The molecule has 0 unspecified atom stereocenters. The summed E-state index contributed by atoms with van der Waals surface area (Å²) in [5.41, 5.74) is 22.2. The number of aromatic nitrogens is 8. The number of hydrogen-bond donors (Lipinski definition) is 6. The molecule has 31 heavy (non-hydrogen) atoms. The molecule has 0 saturated carbocycles. The van der Waals surface area contributed by atoms with Gasteiger partial charge in [0.1, 0.15) is 11.0 Å². The number of nitrogen functional groups attached to an aromatic ring is 4. The van der Waals surface area contributed by atoms with Crippen LogP contribution >= 0.6 is 22.6 Å². The second-order valence-electron chi connectivity index (χ2n) is 5.25. The number of H-pyrrole nitrogens is 2. The van der Waals surface area contributed by atoms with Crippen molar-refractivity contribution in [2.24, 2.45) is 0 Å². The van der Waals surface area contributed by atoms with Crippen molar-refractivity contribution in [3.63, 3.8) is 0 Å². The average Bonchev–Trinajstić information content (AvgIpc) is 3.20. The molecule has 4 heterocycles. The molecule has 19 heteroatoms. The zero-order chi connectivity index (χ0) is 23.6. The van der Waals surface area contributed by atoms with Gasteiger partial charge >= 0.3 is 10.4 Å². The number of nitrogens with two attached hydrogens (primary N) is 4. The summed E-state index contributed by atoms with van der Waals surface area (Å²) in [4.78, 5) is 26.5. The number of nitrogens with zero attached hydrogens (tertiary/aromatic N) is 6. The average molecular weight is 564 g/mol. The maximum absolute atomic E-state index is 12.2. The van der Waals surface area contributed by atoms with E-state index in [2.05, 4.69) is 34.9 Å². The summed E-state index contributed by atoms with van der Waals surface area (Å²) in [6, 6.07) is 0. The maximum atomic E-state index is 12.2. The Morgan fingerprint density at radius 1 is 0.742 bits per heavy atom. The van der Waals surface area contributed by atoms with Gasteiger partial charge in [-0.05, 0) is 0 Å². The van der Waals surface area contributed by atoms with Crippen LogP contribution in [0, 0.1) is 0 Å². The molecule has 0 aromatic carbocycles. The monoisotopic (exact) mass is 564 g/mol. The fourth-order valence-corrected chi connectivity index (χ4v) is 1.94. The minimum atomic E-state index is -4.58. The van der Waals surface area contributed by atoms with Crippen molar-refractivity contribution < 1.29 is 26.3 Å². The highest BCUT2D eigenvalue weighted by Gasteiger charge is 2.35. The fraction of sp³-hybridized carbons (Fsp3) is 0.167. The first-order valence-electron chi connectivity index (χ1n) is 7.48. The van der Waals surface area contributed by atoms with Crippen LogP contribution in [-0.2, 0) is 6.18 Å². The summed E-state index contributed by atoms with van der Waals surface area (Å²) in [5.74, 6) is -1.10. The van der Waals surface area contributed by atoms with Gasteiger partial charge in [-0.15, -0.1) is 0 Å². The Bertz CT molecular complexity index is 1180. The zero-order valence-electron chi connectivity index (χ0n) is 14.7. The van der Waals surface area contributed by atoms with Gasteiger partial charge in [-0.2, -0.15) is 46.3 Å². The number of aromatic amines is 2. The highest BCUT2D eigenvalue weighted by molar-refractivity contribution is 14.1. The number of alkyl halides is 7. The number of fused-ring (bicyclic) bond motifs is 2. The maximum Gasteiger partial charge on any atom is 0.449 e. The first kappa shape index (κ1) is 23.9. The molecule has 0 radical (unpaired) electrons. The molecule has 0 saturated heterocycles. The lowest BCUT2D eigenvalue weighted by atomic mass is 10.5. The molecule has 4 aromatic heterocycles. The molecular weight excluding hydrogens is 553 g/mol. The molecule has 168 valence electrons. The SMILES string of the molecule is FC(F)(F)I.Nc1nc(N)c2[nH]c(C(F)(F)F)nc2n1.Nc1nc(N)c2[nH]cnc2n1. The highest BCUT2D eigenvalue weighted by Crippen LogP contribution is 2.29.